The molecule has 0 bridgehead atoms. The van der Waals surface area contributed by atoms with Crippen LogP contribution in [0.3, 0.4) is 0 Å². The van der Waals surface area contributed by atoms with Crippen LogP contribution in [0.25, 0.3) is 5.65 Å². The van der Waals surface area contributed by atoms with E-state index in [9.17, 15) is 0 Å². The van der Waals surface area contributed by atoms with Crippen LogP contribution in [0.5, 0.6) is 0 Å². The summed E-state index contributed by atoms with van der Waals surface area (Å²) >= 11 is 0. The average molecular weight is 354 g/mol. The van der Waals surface area contributed by atoms with Crippen molar-refractivity contribution in [1.82, 2.24) is 24.7 Å². The summed E-state index contributed by atoms with van der Waals surface area (Å²) in [7, 11) is 0. The van der Waals surface area contributed by atoms with Gasteiger partial charge in [-0.15, -0.1) is 0 Å². The Morgan fingerprint density at radius 2 is 1.92 bits per heavy atom. The third-order valence-electron chi connectivity index (χ3n) is 4.80. The molecule has 4 rings (SSSR count). The van der Waals surface area contributed by atoms with Gasteiger partial charge in [0.1, 0.15) is 11.9 Å². The Bertz CT molecular complexity index is 921. The van der Waals surface area contributed by atoms with E-state index >= 15 is 0 Å². The van der Waals surface area contributed by atoms with Crippen molar-refractivity contribution in [3.05, 3.63) is 35.2 Å². The van der Waals surface area contributed by atoms with Crippen molar-refractivity contribution in [2.45, 2.75) is 65.3 Å². The molecule has 1 atom stereocenters. The van der Waals surface area contributed by atoms with E-state index in [4.69, 9.17) is 9.51 Å². The van der Waals surface area contributed by atoms with Gasteiger partial charge in [-0.05, 0) is 31.6 Å². The van der Waals surface area contributed by atoms with E-state index in [0.717, 1.165) is 41.5 Å². The normalized spacial score (nSPS) is 16.0. The van der Waals surface area contributed by atoms with Crippen LogP contribution in [0, 0.1) is 12.8 Å². The highest BCUT2D eigenvalue weighted by Crippen LogP contribution is 2.39. The Balaban J connectivity index is 1.72. The lowest BCUT2D eigenvalue weighted by atomic mass is 10.0. The van der Waals surface area contributed by atoms with Gasteiger partial charge in [-0.1, -0.05) is 32.9 Å². The van der Waals surface area contributed by atoms with Gasteiger partial charge < -0.3 is 9.84 Å². The summed E-state index contributed by atoms with van der Waals surface area (Å²) in [6.45, 7) is 10.6. The van der Waals surface area contributed by atoms with E-state index < -0.39 is 0 Å². The first-order valence-corrected chi connectivity index (χ1v) is 9.39. The molecule has 0 spiro atoms. The largest absolute Gasteiger partial charge is 0.358 e. The zero-order valence-electron chi connectivity index (χ0n) is 16.0. The number of anilines is 1. The van der Waals surface area contributed by atoms with Gasteiger partial charge >= 0.3 is 0 Å². The lowest BCUT2D eigenvalue weighted by Crippen LogP contribution is -2.20. The van der Waals surface area contributed by atoms with Gasteiger partial charge in [0, 0.05) is 23.7 Å². The molecule has 1 N–H and O–H groups in total. The molecule has 0 amide bonds. The van der Waals surface area contributed by atoms with Gasteiger partial charge in [-0.25, -0.2) is 4.98 Å². The van der Waals surface area contributed by atoms with Crippen molar-refractivity contribution in [2.24, 2.45) is 5.92 Å². The molecule has 1 saturated carbocycles. The maximum Gasteiger partial charge on any atom is 0.249 e. The Hall–Kier alpha value is -2.44. The summed E-state index contributed by atoms with van der Waals surface area (Å²) in [6.07, 6.45) is 2.32. The zero-order chi connectivity index (χ0) is 18.4. The zero-order valence-corrected chi connectivity index (χ0v) is 16.0. The fourth-order valence-electron chi connectivity index (χ4n) is 3.06. The molecule has 0 unspecified atom stereocenters. The number of fused-ring (bicyclic) bond motifs is 1. The van der Waals surface area contributed by atoms with Gasteiger partial charge in [0.15, 0.2) is 11.5 Å². The van der Waals surface area contributed by atoms with Crippen molar-refractivity contribution in [3.8, 4) is 0 Å². The Morgan fingerprint density at radius 3 is 2.58 bits per heavy atom. The van der Waals surface area contributed by atoms with Crippen LogP contribution in [-0.2, 0) is 0 Å². The lowest BCUT2D eigenvalue weighted by molar-refractivity contribution is 0.332. The monoisotopic (exact) mass is 354 g/mol. The molecular formula is C19H26N6O. The molecule has 1 aliphatic rings. The molecule has 1 fully saturated rings. The number of nitrogens with zero attached hydrogens (tertiary/aromatic N) is 5. The van der Waals surface area contributed by atoms with E-state index in [-0.39, 0.29) is 12.0 Å². The van der Waals surface area contributed by atoms with E-state index in [1.54, 1.807) is 0 Å². The third kappa shape index (κ3) is 3.18. The van der Waals surface area contributed by atoms with Gasteiger partial charge in [-0.2, -0.15) is 14.6 Å². The van der Waals surface area contributed by atoms with Gasteiger partial charge in [0.25, 0.3) is 0 Å². The third-order valence-corrected chi connectivity index (χ3v) is 4.80. The summed E-state index contributed by atoms with van der Waals surface area (Å²) in [5.74, 6) is 3.47. The second-order valence-electron chi connectivity index (χ2n) is 7.91. The molecule has 3 heterocycles. The van der Waals surface area contributed by atoms with Crippen molar-refractivity contribution in [3.63, 3.8) is 0 Å². The number of nitrogens with one attached hydrogen (secondary N) is 1. The molecule has 0 aliphatic heterocycles. The number of rotatable bonds is 6. The maximum atomic E-state index is 5.59. The standard InChI is InChI=1S/C19H26N6O/c1-10(2)14-9-16(25-15(20-14)8-12(5)23-25)21-17(11(3)4)19-22-18(24-26-19)13-6-7-13/h8-11,13,17,21H,6-7H2,1-5H3/t17-/m1/s1. The second-order valence-corrected chi connectivity index (χ2v) is 7.91. The highest BCUT2D eigenvalue weighted by molar-refractivity contribution is 5.51. The van der Waals surface area contributed by atoms with Crippen LogP contribution in [0.2, 0.25) is 0 Å². The number of aryl methyl sites for hydroxylation is 1. The minimum atomic E-state index is -0.0786. The highest BCUT2D eigenvalue weighted by atomic mass is 16.5. The Kier molecular flexibility index (Phi) is 4.17. The molecule has 138 valence electrons. The van der Waals surface area contributed by atoms with Crippen molar-refractivity contribution in [2.75, 3.05) is 5.32 Å². The summed E-state index contributed by atoms with van der Waals surface area (Å²) in [5.41, 5.74) is 2.82. The fraction of sp³-hybridized carbons (Fsp3) is 0.579. The maximum absolute atomic E-state index is 5.59. The smallest absolute Gasteiger partial charge is 0.249 e. The fourth-order valence-corrected chi connectivity index (χ4v) is 3.06. The summed E-state index contributed by atoms with van der Waals surface area (Å²) in [6, 6.07) is 3.99. The van der Waals surface area contributed by atoms with Crippen LogP contribution in [0.4, 0.5) is 5.82 Å². The molecule has 3 aromatic heterocycles. The molecule has 0 radical (unpaired) electrons. The molecule has 7 heteroatoms. The molecule has 0 saturated heterocycles. The number of hydrogen-bond acceptors (Lipinski definition) is 6. The van der Waals surface area contributed by atoms with Gasteiger partial charge in [-0.3, -0.25) is 0 Å². The molecule has 3 aromatic rings. The highest BCUT2D eigenvalue weighted by Gasteiger charge is 2.31. The average Bonchev–Trinajstić information content (AvgIpc) is 3.19. The number of aromatic nitrogens is 5. The molecule has 26 heavy (non-hydrogen) atoms. The van der Waals surface area contributed by atoms with E-state index in [0.29, 0.717) is 17.7 Å². The summed E-state index contributed by atoms with van der Waals surface area (Å²) in [4.78, 5) is 9.37. The van der Waals surface area contributed by atoms with Crippen LogP contribution in [0.1, 0.15) is 81.5 Å². The van der Waals surface area contributed by atoms with Crippen molar-refractivity contribution < 1.29 is 4.52 Å². The molecule has 7 nitrogen and oxygen atoms in total. The van der Waals surface area contributed by atoms with Crippen molar-refractivity contribution >= 4 is 11.5 Å². The van der Waals surface area contributed by atoms with Crippen molar-refractivity contribution in [1.29, 1.82) is 0 Å². The minimum absolute atomic E-state index is 0.0786. The van der Waals surface area contributed by atoms with Crippen LogP contribution < -0.4 is 5.32 Å². The van der Waals surface area contributed by atoms with Crippen LogP contribution in [0.15, 0.2) is 16.7 Å². The van der Waals surface area contributed by atoms with E-state index in [1.165, 1.54) is 0 Å². The van der Waals surface area contributed by atoms with Gasteiger partial charge in [0.2, 0.25) is 5.89 Å². The summed E-state index contributed by atoms with van der Waals surface area (Å²) in [5, 5.41) is 12.3. The first-order valence-electron chi connectivity index (χ1n) is 9.39. The summed E-state index contributed by atoms with van der Waals surface area (Å²) < 4.78 is 7.44. The SMILES string of the molecule is Cc1cc2nc(C(C)C)cc(N[C@@H](c3nc(C4CC4)no3)C(C)C)n2n1. The number of hydrogen-bond donors (Lipinski definition) is 1. The molecule has 0 aromatic carbocycles. The van der Waals surface area contributed by atoms with Crippen LogP contribution >= 0.6 is 0 Å². The Labute approximate surface area is 153 Å². The van der Waals surface area contributed by atoms with E-state index in [2.05, 4.69) is 54.3 Å². The van der Waals surface area contributed by atoms with Gasteiger partial charge in [0.05, 0.1) is 5.69 Å². The second kappa shape index (κ2) is 6.37. The quantitative estimate of drug-likeness (QED) is 0.713. The lowest BCUT2D eigenvalue weighted by Gasteiger charge is -2.21. The first-order chi connectivity index (χ1) is 12.4. The van der Waals surface area contributed by atoms with Crippen LogP contribution in [-0.4, -0.2) is 24.7 Å². The molecular weight excluding hydrogens is 328 g/mol. The molecule has 1 aliphatic carbocycles. The predicted molar refractivity (Wildman–Crippen MR) is 99.3 cm³/mol. The first kappa shape index (κ1) is 17.0. The minimum Gasteiger partial charge on any atom is -0.358 e. The predicted octanol–water partition coefficient (Wildman–Crippen LogP) is 4.23. The topological polar surface area (TPSA) is 81.1 Å². The van der Waals surface area contributed by atoms with E-state index in [1.807, 2.05) is 17.5 Å². The Morgan fingerprint density at radius 1 is 1.15 bits per heavy atom.